The maximum absolute atomic E-state index is 9.50. The Labute approximate surface area is 127 Å². The summed E-state index contributed by atoms with van der Waals surface area (Å²) >= 11 is 0. The van der Waals surface area contributed by atoms with E-state index in [1.165, 1.54) is 0 Å². The summed E-state index contributed by atoms with van der Waals surface area (Å²) in [6.45, 7) is 5.49. The second-order valence-corrected chi connectivity index (χ2v) is 1.98. The van der Waals surface area contributed by atoms with Crippen LogP contribution in [0.15, 0.2) is 24.9 Å². The smallest absolute Gasteiger partial charge is 0.579 e. The summed E-state index contributed by atoms with van der Waals surface area (Å²) in [4.78, 5) is 0. The molecule has 0 N–H and O–H groups in total. The first-order valence-electron chi connectivity index (χ1n) is 3.46. The van der Waals surface area contributed by atoms with Gasteiger partial charge in [0.25, 0.3) is 0 Å². The molecule has 0 fully saturated rings. The van der Waals surface area contributed by atoms with Gasteiger partial charge in [0.2, 0.25) is 0 Å². The van der Waals surface area contributed by atoms with Crippen LogP contribution in [0.5, 0.6) is 0 Å². The van der Waals surface area contributed by atoms with Crippen LogP contribution in [0.4, 0.5) is 4.39 Å². The van der Waals surface area contributed by atoms with E-state index in [2.05, 4.69) is 16.8 Å². The maximum atomic E-state index is 9.50. The molecule has 4 heteroatoms. The zero-order chi connectivity index (χ0) is 9.40. The molecule has 0 saturated carbocycles. The minimum Gasteiger partial charge on any atom is -0.579 e. The number of allylic oxidation sites excluding steroid dienone is 2. The van der Waals surface area contributed by atoms with E-state index in [4.69, 9.17) is 0 Å². The molecule has 0 aromatic carbocycles. The summed E-state index contributed by atoms with van der Waals surface area (Å²) in [6, 6.07) is 0. The zero-order valence-electron chi connectivity index (χ0n) is 8.29. The van der Waals surface area contributed by atoms with Crippen molar-refractivity contribution in [3.05, 3.63) is 36.2 Å². The molecule has 0 atom stereocenters. The van der Waals surface area contributed by atoms with Crippen LogP contribution in [0.2, 0.25) is 0 Å². The normalized spacial score (nSPS) is 8.54. The largest absolute Gasteiger partial charge is 1.00 e. The van der Waals surface area contributed by atoms with Gasteiger partial charge in [-0.05, 0) is 5.56 Å². The first-order chi connectivity index (χ1) is 5.84. The Hall–Kier alpha value is 0.425. The van der Waals surface area contributed by atoms with Gasteiger partial charge in [0.05, 0.1) is 7.18 Å². The fraction of sp³-hybridized carbons (Fsp3) is 0.222. The molecule has 2 nitrogen and oxygen atoms in total. The molecule has 0 aliphatic heterocycles. The molecule has 13 heavy (non-hydrogen) atoms. The van der Waals surface area contributed by atoms with Gasteiger partial charge in [-0.3, -0.25) is 4.39 Å². The number of nitrogens with zero attached hydrogens (tertiary/aromatic N) is 2. The van der Waals surface area contributed by atoms with E-state index in [9.17, 15) is 4.39 Å². The third-order valence-corrected chi connectivity index (χ3v) is 1.23. The van der Waals surface area contributed by atoms with E-state index in [-0.39, 0.29) is 58.2 Å². The van der Waals surface area contributed by atoms with Crippen molar-refractivity contribution >= 4 is 6.08 Å². The maximum Gasteiger partial charge on any atom is 1.00 e. The Morgan fingerprint density at radius 1 is 1.54 bits per heavy atom. The molecule has 0 amide bonds. The number of halogens is 1. The number of aromatic nitrogens is 2. The van der Waals surface area contributed by atoms with Gasteiger partial charge in [-0.1, -0.05) is 31.7 Å². The second kappa shape index (κ2) is 10.5. The Kier molecular flexibility index (Phi) is 12.8. The summed E-state index contributed by atoms with van der Waals surface area (Å²) < 4.78 is 9.50. The van der Waals surface area contributed by atoms with Crippen molar-refractivity contribution in [2.75, 3.05) is 7.18 Å². The molecular formula is C9H12FN2Rb. The van der Waals surface area contributed by atoms with Gasteiger partial charge in [-0.25, -0.2) is 0 Å². The molecule has 0 radical (unpaired) electrons. The zero-order valence-corrected chi connectivity index (χ0v) is 13.2. The monoisotopic (exact) mass is 252 g/mol. The summed E-state index contributed by atoms with van der Waals surface area (Å²) in [5.41, 5.74) is 2.01. The van der Waals surface area contributed by atoms with Gasteiger partial charge in [0.15, 0.2) is 0 Å². The Balaban J connectivity index is 0. The van der Waals surface area contributed by atoms with Crippen molar-refractivity contribution < 1.29 is 62.6 Å². The van der Waals surface area contributed by atoms with Crippen LogP contribution in [0.3, 0.4) is 0 Å². The van der Waals surface area contributed by atoms with Crippen molar-refractivity contribution in [3.63, 3.8) is 0 Å². The van der Waals surface area contributed by atoms with Crippen molar-refractivity contribution in [3.8, 4) is 0 Å². The Morgan fingerprint density at radius 2 is 2.15 bits per heavy atom. The molecule has 0 spiro atoms. The Morgan fingerprint density at radius 3 is 2.54 bits per heavy atom. The van der Waals surface area contributed by atoms with E-state index in [0.29, 0.717) is 7.18 Å². The van der Waals surface area contributed by atoms with Crippen LogP contribution in [0.25, 0.3) is 6.08 Å². The third-order valence-electron chi connectivity index (χ3n) is 1.23. The van der Waals surface area contributed by atoms with Gasteiger partial charge in [-0.15, -0.1) is 5.69 Å². The standard InChI is InChI=1S/C8H9N2.CH3F.Rb/c1-3-4-5-8-6-9-10-7(8)2;1-2;/h3-6H,1H2,2H3;1H3;/q-1;;+1/b5-4-;;. The summed E-state index contributed by atoms with van der Waals surface area (Å²) in [7, 11) is 0.500. The molecule has 1 heterocycles. The Bertz CT molecular complexity index is 256. The number of rotatable bonds is 2. The second-order valence-electron chi connectivity index (χ2n) is 1.98. The molecule has 1 aromatic rings. The third kappa shape index (κ3) is 6.49. The molecule has 1 aromatic heterocycles. The molecular weight excluding hydrogens is 241 g/mol. The van der Waals surface area contributed by atoms with E-state index in [0.717, 1.165) is 11.3 Å². The van der Waals surface area contributed by atoms with Gasteiger partial charge >= 0.3 is 58.2 Å². The van der Waals surface area contributed by atoms with E-state index >= 15 is 0 Å². The molecule has 0 aliphatic rings. The van der Waals surface area contributed by atoms with Crippen molar-refractivity contribution in [1.82, 2.24) is 10.2 Å². The molecule has 0 bridgehead atoms. The number of hydrogen-bond acceptors (Lipinski definition) is 1. The van der Waals surface area contributed by atoms with Crippen LogP contribution >= 0.6 is 0 Å². The van der Waals surface area contributed by atoms with Crippen LogP contribution < -0.4 is 63.3 Å². The first-order valence-corrected chi connectivity index (χ1v) is 3.46. The quantitative estimate of drug-likeness (QED) is 0.641. The van der Waals surface area contributed by atoms with Crippen LogP contribution in [-0.2, 0) is 0 Å². The molecule has 66 valence electrons. The van der Waals surface area contributed by atoms with Gasteiger partial charge in [0.1, 0.15) is 0 Å². The molecule has 0 aliphatic carbocycles. The van der Waals surface area contributed by atoms with Crippen LogP contribution in [0, 0.1) is 6.92 Å². The van der Waals surface area contributed by atoms with E-state index in [1.807, 2.05) is 19.1 Å². The SMILES string of the molecule is C=C/C=C\c1cn[n-]c1C.CF.[Rb+]. The molecule has 0 saturated heterocycles. The average molecular weight is 253 g/mol. The average Bonchev–Trinajstić information content (AvgIpc) is 2.51. The number of hydrogen-bond donors (Lipinski definition) is 0. The fourth-order valence-corrected chi connectivity index (χ4v) is 0.664. The van der Waals surface area contributed by atoms with Gasteiger partial charge < -0.3 is 10.2 Å². The van der Waals surface area contributed by atoms with Crippen LogP contribution in [0.1, 0.15) is 11.3 Å². The minimum atomic E-state index is 0. The number of alkyl halides is 1. The molecule has 1 rings (SSSR count). The van der Waals surface area contributed by atoms with Gasteiger partial charge in [-0.2, -0.15) is 0 Å². The summed E-state index contributed by atoms with van der Waals surface area (Å²) in [5, 5.41) is 7.57. The van der Waals surface area contributed by atoms with Crippen molar-refractivity contribution in [1.29, 1.82) is 0 Å². The van der Waals surface area contributed by atoms with Crippen molar-refractivity contribution in [2.45, 2.75) is 6.92 Å². The predicted octanol–water partition coefficient (Wildman–Crippen LogP) is -0.864. The fourth-order valence-electron chi connectivity index (χ4n) is 0.664. The van der Waals surface area contributed by atoms with Crippen molar-refractivity contribution in [2.24, 2.45) is 0 Å². The van der Waals surface area contributed by atoms with Crippen LogP contribution in [-0.4, -0.2) is 12.3 Å². The molecule has 0 unspecified atom stereocenters. The van der Waals surface area contributed by atoms with Gasteiger partial charge in [0, 0.05) is 6.20 Å². The van der Waals surface area contributed by atoms with E-state index in [1.54, 1.807) is 12.3 Å². The predicted molar refractivity (Wildman–Crippen MR) is 48.6 cm³/mol. The topological polar surface area (TPSA) is 27.0 Å². The van der Waals surface area contributed by atoms with E-state index < -0.39 is 0 Å². The number of aryl methyl sites for hydroxylation is 1. The summed E-state index contributed by atoms with van der Waals surface area (Å²) in [6.07, 6.45) is 7.26. The minimum absolute atomic E-state index is 0. The summed E-state index contributed by atoms with van der Waals surface area (Å²) in [5.74, 6) is 0. The first kappa shape index (κ1) is 15.9.